The number of hydrogen-bond acceptors (Lipinski definition) is 2. The van der Waals surface area contributed by atoms with E-state index in [0.29, 0.717) is 0 Å². The van der Waals surface area contributed by atoms with Gasteiger partial charge in [-0.15, -0.1) is 0 Å². The molecule has 0 aliphatic carbocycles. The third kappa shape index (κ3) is 2.44. The van der Waals surface area contributed by atoms with E-state index in [2.05, 4.69) is 5.32 Å². The van der Waals surface area contributed by atoms with Gasteiger partial charge in [0.1, 0.15) is 5.75 Å². The number of hydrogen-bond donors (Lipinski definition) is 1. The molecule has 2 nitrogen and oxygen atoms in total. The Morgan fingerprint density at radius 2 is 2.33 bits per heavy atom. The average molecular weight is 226 g/mol. The van der Waals surface area contributed by atoms with Crippen LogP contribution in [0.15, 0.2) is 12.1 Å². The number of halogens is 1. The molecule has 1 heterocycles. The fourth-order valence-corrected chi connectivity index (χ4v) is 2.25. The summed E-state index contributed by atoms with van der Waals surface area (Å²) in [5, 5.41) is 3.98. The van der Waals surface area contributed by atoms with E-state index in [1.54, 1.807) is 0 Å². The molecule has 1 N–H and O–H groups in total. The Kier molecular flexibility index (Phi) is 3.49. The van der Waals surface area contributed by atoms with Gasteiger partial charge in [-0.05, 0) is 49.7 Å². The molecule has 0 spiro atoms. The predicted octanol–water partition coefficient (Wildman–Crippen LogP) is 2.43. The molecule has 0 unspecified atom stereocenters. The van der Waals surface area contributed by atoms with Gasteiger partial charge in [0.15, 0.2) is 0 Å². The number of ether oxygens (including phenoxy) is 1. The number of fused-ring (bicyclic) bond motifs is 1. The summed E-state index contributed by atoms with van der Waals surface area (Å²) in [6.07, 6.45) is 3.14. The molecule has 1 aromatic rings. The van der Waals surface area contributed by atoms with Crippen molar-refractivity contribution in [3.8, 4) is 5.75 Å². The van der Waals surface area contributed by atoms with Gasteiger partial charge in [0.25, 0.3) is 0 Å². The number of rotatable bonds is 4. The standard InChI is InChI=1S/C12H16ClNO/c1-14-5-2-3-9-7-11(13)8-10-4-6-15-12(9)10/h7-8,14H,2-6H2,1H3. The third-order valence-corrected chi connectivity index (χ3v) is 2.92. The zero-order chi connectivity index (χ0) is 10.7. The molecule has 0 amide bonds. The van der Waals surface area contributed by atoms with Gasteiger partial charge in [-0.3, -0.25) is 0 Å². The number of benzene rings is 1. The lowest BCUT2D eigenvalue weighted by atomic mass is 10.0. The molecule has 0 radical (unpaired) electrons. The molecule has 1 aromatic carbocycles. The maximum absolute atomic E-state index is 6.07. The normalized spacial score (nSPS) is 13.7. The van der Waals surface area contributed by atoms with E-state index in [1.165, 1.54) is 11.1 Å². The highest BCUT2D eigenvalue weighted by atomic mass is 35.5. The van der Waals surface area contributed by atoms with E-state index in [1.807, 2.05) is 19.2 Å². The van der Waals surface area contributed by atoms with Gasteiger partial charge in [-0.2, -0.15) is 0 Å². The predicted molar refractivity (Wildman–Crippen MR) is 62.9 cm³/mol. The topological polar surface area (TPSA) is 21.3 Å². The molecular formula is C12H16ClNO. The highest BCUT2D eigenvalue weighted by Gasteiger charge is 2.16. The second-order valence-electron chi connectivity index (χ2n) is 3.86. The fraction of sp³-hybridized carbons (Fsp3) is 0.500. The van der Waals surface area contributed by atoms with Crippen LogP contribution in [0.2, 0.25) is 5.02 Å². The Bertz CT molecular complexity index is 352. The Morgan fingerprint density at radius 1 is 1.47 bits per heavy atom. The van der Waals surface area contributed by atoms with E-state index in [9.17, 15) is 0 Å². The molecule has 0 saturated heterocycles. The van der Waals surface area contributed by atoms with Gasteiger partial charge in [-0.1, -0.05) is 11.6 Å². The van der Waals surface area contributed by atoms with Crippen molar-refractivity contribution in [1.29, 1.82) is 0 Å². The maximum Gasteiger partial charge on any atom is 0.125 e. The van der Waals surface area contributed by atoms with Crippen molar-refractivity contribution in [2.75, 3.05) is 20.2 Å². The second-order valence-corrected chi connectivity index (χ2v) is 4.30. The van der Waals surface area contributed by atoms with Gasteiger partial charge in [0.05, 0.1) is 6.61 Å². The lowest BCUT2D eigenvalue weighted by molar-refractivity contribution is 0.353. The Balaban J connectivity index is 2.15. The summed E-state index contributed by atoms with van der Waals surface area (Å²) in [5.41, 5.74) is 2.52. The molecular weight excluding hydrogens is 210 g/mol. The average Bonchev–Trinajstić information content (AvgIpc) is 2.65. The quantitative estimate of drug-likeness (QED) is 0.795. The van der Waals surface area contributed by atoms with Crippen molar-refractivity contribution in [2.45, 2.75) is 19.3 Å². The summed E-state index contributed by atoms with van der Waals surface area (Å²) in [6.45, 7) is 1.83. The smallest absolute Gasteiger partial charge is 0.125 e. The Morgan fingerprint density at radius 3 is 3.13 bits per heavy atom. The van der Waals surface area contributed by atoms with Gasteiger partial charge in [-0.25, -0.2) is 0 Å². The Hall–Kier alpha value is -0.730. The molecule has 0 fully saturated rings. The minimum Gasteiger partial charge on any atom is -0.493 e. The largest absolute Gasteiger partial charge is 0.493 e. The molecule has 82 valence electrons. The summed E-state index contributed by atoms with van der Waals surface area (Å²) >= 11 is 6.07. The van der Waals surface area contributed by atoms with Gasteiger partial charge >= 0.3 is 0 Å². The van der Waals surface area contributed by atoms with Gasteiger partial charge in [0, 0.05) is 11.4 Å². The first-order valence-corrected chi connectivity index (χ1v) is 5.78. The Labute approximate surface area is 95.6 Å². The summed E-state index contributed by atoms with van der Waals surface area (Å²) < 4.78 is 5.64. The molecule has 3 heteroatoms. The van der Waals surface area contributed by atoms with Gasteiger partial charge < -0.3 is 10.1 Å². The van der Waals surface area contributed by atoms with E-state index in [0.717, 1.165) is 43.2 Å². The molecule has 0 saturated carbocycles. The zero-order valence-electron chi connectivity index (χ0n) is 8.98. The first-order valence-electron chi connectivity index (χ1n) is 5.40. The van der Waals surface area contributed by atoms with Crippen LogP contribution in [0.25, 0.3) is 0 Å². The summed E-state index contributed by atoms with van der Waals surface area (Å²) in [4.78, 5) is 0. The van der Waals surface area contributed by atoms with Crippen molar-refractivity contribution < 1.29 is 4.74 Å². The highest BCUT2D eigenvalue weighted by molar-refractivity contribution is 6.30. The first-order chi connectivity index (χ1) is 7.31. The summed E-state index contributed by atoms with van der Waals surface area (Å²) in [6, 6.07) is 4.05. The number of aryl methyl sites for hydroxylation is 1. The minimum atomic E-state index is 0.800. The molecule has 15 heavy (non-hydrogen) atoms. The SMILES string of the molecule is CNCCCc1cc(Cl)cc2c1OCC2. The highest BCUT2D eigenvalue weighted by Crippen LogP contribution is 2.33. The van der Waals surface area contributed by atoms with Crippen LogP contribution in [-0.2, 0) is 12.8 Å². The zero-order valence-corrected chi connectivity index (χ0v) is 9.73. The van der Waals surface area contributed by atoms with Crippen molar-refractivity contribution in [3.05, 3.63) is 28.3 Å². The molecule has 0 bridgehead atoms. The van der Waals surface area contributed by atoms with Crippen LogP contribution in [0.4, 0.5) is 0 Å². The maximum atomic E-state index is 6.07. The molecule has 2 rings (SSSR count). The van der Waals surface area contributed by atoms with Gasteiger partial charge in [0.2, 0.25) is 0 Å². The van der Waals surface area contributed by atoms with E-state index >= 15 is 0 Å². The van der Waals surface area contributed by atoms with Crippen LogP contribution in [0, 0.1) is 0 Å². The number of nitrogens with one attached hydrogen (secondary N) is 1. The van der Waals surface area contributed by atoms with Crippen LogP contribution in [0.5, 0.6) is 5.75 Å². The van der Waals surface area contributed by atoms with E-state index < -0.39 is 0 Å². The van der Waals surface area contributed by atoms with Crippen LogP contribution in [0.1, 0.15) is 17.5 Å². The van der Waals surface area contributed by atoms with Crippen molar-refractivity contribution in [1.82, 2.24) is 5.32 Å². The fourth-order valence-electron chi connectivity index (χ4n) is 1.99. The lowest BCUT2D eigenvalue weighted by Crippen LogP contribution is -2.08. The lowest BCUT2D eigenvalue weighted by Gasteiger charge is -2.08. The van der Waals surface area contributed by atoms with E-state index in [-0.39, 0.29) is 0 Å². The third-order valence-electron chi connectivity index (χ3n) is 2.70. The molecule has 1 aliphatic heterocycles. The first kappa shape index (κ1) is 10.8. The van der Waals surface area contributed by atoms with Crippen molar-refractivity contribution >= 4 is 11.6 Å². The van der Waals surface area contributed by atoms with Crippen LogP contribution >= 0.6 is 11.6 Å². The van der Waals surface area contributed by atoms with E-state index in [4.69, 9.17) is 16.3 Å². The van der Waals surface area contributed by atoms with Crippen molar-refractivity contribution in [2.24, 2.45) is 0 Å². The second kappa shape index (κ2) is 4.86. The molecule has 1 aliphatic rings. The summed E-state index contributed by atoms with van der Waals surface area (Å²) in [5.74, 6) is 1.08. The molecule has 0 atom stereocenters. The van der Waals surface area contributed by atoms with Crippen LogP contribution < -0.4 is 10.1 Å². The van der Waals surface area contributed by atoms with Crippen LogP contribution in [0.3, 0.4) is 0 Å². The molecule has 0 aromatic heterocycles. The summed E-state index contributed by atoms with van der Waals surface area (Å²) in [7, 11) is 1.97. The minimum absolute atomic E-state index is 0.800. The van der Waals surface area contributed by atoms with Crippen LogP contribution in [-0.4, -0.2) is 20.2 Å². The van der Waals surface area contributed by atoms with Crippen molar-refractivity contribution in [3.63, 3.8) is 0 Å². The monoisotopic (exact) mass is 225 g/mol.